The number of hydrogen-bond donors (Lipinski definition) is 0. The highest BCUT2D eigenvalue weighted by Crippen LogP contribution is 2.48. The molecule has 0 amide bonds. The van der Waals surface area contributed by atoms with Gasteiger partial charge >= 0.3 is 0 Å². The second-order valence-electron chi connectivity index (χ2n) is 18.4. The Bertz CT molecular complexity index is 3820. The molecule has 0 fully saturated rings. The predicted octanol–water partition coefficient (Wildman–Crippen LogP) is 16.3. The normalized spacial score (nSPS) is 18.0. The van der Waals surface area contributed by atoms with E-state index in [1.165, 1.54) is 27.7 Å². The van der Waals surface area contributed by atoms with Crippen LogP contribution in [0.4, 0.5) is 0 Å². The van der Waals surface area contributed by atoms with E-state index in [9.17, 15) is 0 Å². The Kier molecular flexibility index (Phi) is 9.31. The standard InChI is InChI=1S/C62H46N4O/c1-37-15-12-20-41-21-14-26-50(55(37)41)62-65-60(64-61(66-62)47-25-13-19-40-18-6-7-22-46(40)47)43-31-29-42(30-32-43)56-57-48-23-8-10-27-52(48)63-59(45-34-33-44(35-38(45)2)39-16-4-3-5-17-39)51(57)36-54-58(56)49-24-9-11-28-53(49)67-54/h4,6-14,16-38,45H,3,5,15H2,1-2H3. The van der Waals surface area contributed by atoms with Crippen LogP contribution in [0.2, 0.25) is 0 Å². The van der Waals surface area contributed by atoms with Gasteiger partial charge in [0, 0.05) is 55.1 Å². The van der Waals surface area contributed by atoms with E-state index >= 15 is 0 Å². The van der Waals surface area contributed by atoms with Crippen LogP contribution in [0.25, 0.3) is 106 Å². The van der Waals surface area contributed by atoms with Gasteiger partial charge in [-0.05, 0) is 87.9 Å². The van der Waals surface area contributed by atoms with E-state index in [1.807, 2.05) is 0 Å². The van der Waals surface area contributed by atoms with Crippen molar-refractivity contribution in [1.82, 2.24) is 19.9 Å². The number of pyridine rings is 1. The van der Waals surface area contributed by atoms with Crippen LogP contribution in [-0.2, 0) is 0 Å². The zero-order chi connectivity index (χ0) is 44.6. The largest absolute Gasteiger partial charge is 0.456 e. The lowest BCUT2D eigenvalue weighted by Crippen LogP contribution is -2.12. The molecule has 0 aliphatic heterocycles. The van der Waals surface area contributed by atoms with E-state index in [-0.39, 0.29) is 11.8 Å². The van der Waals surface area contributed by atoms with Gasteiger partial charge in [0.15, 0.2) is 17.5 Å². The Morgan fingerprint density at radius 3 is 2.12 bits per heavy atom. The minimum atomic E-state index is 0.0734. The summed E-state index contributed by atoms with van der Waals surface area (Å²) in [6.07, 6.45) is 21.7. The van der Waals surface area contributed by atoms with E-state index in [0.29, 0.717) is 23.4 Å². The number of furan rings is 1. The number of allylic oxidation sites excluding steroid dienone is 9. The lowest BCUT2D eigenvalue weighted by Gasteiger charge is -2.26. The number of fused-ring (bicyclic) bond motifs is 8. The number of aromatic nitrogens is 4. The molecule has 3 aliphatic carbocycles. The summed E-state index contributed by atoms with van der Waals surface area (Å²) in [5.74, 6) is 2.61. The first kappa shape index (κ1) is 39.4. The Balaban J connectivity index is 1.01. The molecule has 0 N–H and O–H groups in total. The van der Waals surface area contributed by atoms with Crippen LogP contribution < -0.4 is 0 Å². The van der Waals surface area contributed by atoms with Gasteiger partial charge in [-0.1, -0.05) is 184 Å². The van der Waals surface area contributed by atoms with Gasteiger partial charge in [0.2, 0.25) is 0 Å². The number of para-hydroxylation sites is 2. The van der Waals surface area contributed by atoms with Gasteiger partial charge in [0.05, 0.1) is 11.2 Å². The summed E-state index contributed by atoms with van der Waals surface area (Å²) in [7, 11) is 0. The molecular formula is C62H46N4O. The second kappa shape index (κ2) is 15.9. The van der Waals surface area contributed by atoms with Gasteiger partial charge < -0.3 is 4.42 Å². The molecule has 67 heavy (non-hydrogen) atoms. The third-order valence-electron chi connectivity index (χ3n) is 14.3. The number of hydrogen-bond acceptors (Lipinski definition) is 5. The van der Waals surface area contributed by atoms with Crippen LogP contribution in [0.1, 0.15) is 61.8 Å². The summed E-state index contributed by atoms with van der Waals surface area (Å²) < 4.78 is 6.78. The predicted molar refractivity (Wildman–Crippen MR) is 277 cm³/mol. The molecule has 7 aromatic carbocycles. The van der Waals surface area contributed by atoms with E-state index in [0.717, 1.165) is 102 Å². The quantitative estimate of drug-likeness (QED) is 0.156. The smallest absolute Gasteiger partial charge is 0.164 e. The zero-order valence-corrected chi connectivity index (χ0v) is 37.4. The molecule has 10 aromatic rings. The van der Waals surface area contributed by atoms with Crippen molar-refractivity contribution < 1.29 is 4.42 Å². The van der Waals surface area contributed by atoms with Crippen molar-refractivity contribution in [3.8, 4) is 45.3 Å². The lowest BCUT2D eigenvalue weighted by molar-refractivity contribution is 0.622. The molecule has 3 aromatic heterocycles. The van der Waals surface area contributed by atoms with Crippen molar-refractivity contribution in [2.45, 2.75) is 44.9 Å². The Morgan fingerprint density at radius 1 is 0.537 bits per heavy atom. The second-order valence-corrected chi connectivity index (χ2v) is 18.4. The van der Waals surface area contributed by atoms with E-state index in [4.69, 9.17) is 24.4 Å². The molecule has 3 unspecified atom stereocenters. The SMILES string of the molecule is CC1CC=Cc2cccc(-c3nc(-c4ccc(-c5c6c(cc7c(C8C=CC(C9=CCCC=C9)=CC8C)nc8ccccc8c57)oc5ccccc56)cc4)nc(-c4cccc5ccccc45)n3)c21. The van der Waals surface area contributed by atoms with Crippen molar-refractivity contribution in [2.75, 3.05) is 0 Å². The molecule has 0 saturated heterocycles. The van der Waals surface area contributed by atoms with Gasteiger partial charge in [-0.15, -0.1) is 0 Å². The van der Waals surface area contributed by atoms with Crippen molar-refractivity contribution >= 4 is 60.5 Å². The third-order valence-corrected chi connectivity index (χ3v) is 14.3. The van der Waals surface area contributed by atoms with E-state index in [1.54, 1.807) is 0 Å². The molecule has 5 heteroatoms. The molecule has 0 spiro atoms. The van der Waals surface area contributed by atoms with Gasteiger partial charge in [0.25, 0.3) is 0 Å². The Morgan fingerprint density at radius 2 is 1.27 bits per heavy atom. The fourth-order valence-corrected chi connectivity index (χ4v) is 11.0. The average Bonchev–Trinajstić information content (AvgIpc) is 3.76. The average molecular weight is 863 g/mol. The van der Waals surface area contributed by atoms with Crippen molar-refractivity contribution in [3.05, 3.63) is 210 Å². The van der Waals surface area contributed by atoms with Gasteiger partial charge in [-0.25, -0.2) is 15.0 Å². The summed E-state index contributed by atoms with van der Waals surface area (Å²) in [5, 5.41) is 7.84. The maximum absolute atomic E-state index is 6.78. The molecule has 0 saturated carbocycles. The van der Waals surface area contributed by atoms with E-state index < -0.39 is 0 Å². The van der Waals surface area contributed by atoms with Crippen molar-refractivity contribution in [2.24, 2.45) is 5.92 Å². The molecule has 0 bridgehead atoms. The molecule has 5 nitrogen and oxygen atoms in total. The molecule has 3 atom stereocenters. The molecular weight excluding hydrogens is 817 g/mol. The van der Waals surface area contributed by atoms with Crippen LogP contribution in [0.5, 0.6) is 0 Å². The summed E-state index contributed by atoms with van der Waals surface area (Å²) in [6.45, 7) is 4.62. The highest BCUT2D eigenvalue weighted by Gasteiger charge is 2.28. The van der Waals surface area contributed by atoms with Crippen molar-refractivity contribution in [1.29, 1.82) is 0 Å². The first-order chi connectivity index (χ1) is 33.0. The van der Waals surface area contributed by atoms with E-state index in [2.05, 4.69) is 202 Å². The molecule has 320 valence electrons. The fraction of sp³-hybridized carbons (Fsp3) is 0.129. The Hall–Kier alpha value is -8.02. The monoisotopic (exact) mass is 862 g/mol. The summed E-state index contributed by atoms with van der Waals surface area (Å²) >= 11 is 0. The summed E-state index contributed by atoms with van der Waals surface area (Å²) in [4.78, 5) is 21.4. The molecule has 13 rings (SSSR count). The number of rotatable bonds is 6. The summed E-state index contributed by atoms with van der Waals surface area (Å²) in [5.41, 5.74) is 14.0. The maximum atomic E-state index is 6.78. The molecule has 3 aliphatic rings. The lowest BCUT2D eigenvalue weighted by atomic mass is 9.80. The van der Waals surface area contributed by atoms with Crippen LogP contribution in [0, 0.1) is 5.92 Å². The van der Waals surface area contributed by atoms with Crippen LogP contribution >= 0.6 is 0 Å². The number of nitrogens with zero attached hydrogens (tertiary/aromatic N) is 4. The highest BCUT2D eigenvalue weighted by atomic mass is 16.3. The fourth-order valence-electron chi connectivity index (χ4n) is 11.0. The number of benzene rings is 7. The first-order valence-corrected chi connectivity index (χ1v) is 23.6. The van der Waals surface area contributed by atoms with Crippen molar-refractivity contribution in [3.63, 3.8) is 0 Å². The van der Waals surface area contributed by atoms with Crippen LogP contribution in [0.3, 0.4) is 0 Å². The minimum absolute atomic E-state index is 0.0734. The third kappa shape index (κ3) is 6.60. The summed E-state index contributed by atoms with van der Waals surface area (Å²) in [6, 6.07) is 49.4. The topological polar surface area (TPSA) is 64.7 Å². The molecule has 3 heterocycles. The Labute approximate surface area is 389 Å². The minimum Gasteiger partial charge on any atom is -0.456 e. The highest BCUT2D eigenvalue weighted by molar-refractivity contribution is 6.26. The molecule has 0 radical (unpaired) electrons. The first-order valence-electron chi connectivity index (χ1n) is 23.6. The van der Waals surface area contributed by atoms with Crippen LogP contribution in [-0.4, -0.2) is 19.9 Å². The van der Waals surface area contributed by atoms with Gasteiger partial charge in [0.1, 0.15) is 11.2 Å². The van der Waals surface area contributed by atoms with Gasteiger partial charge in [-0.2, -0.15) is 0 Å². The zero-order valence-electron chi connectivity index (χ0n) is 37.4. The maximum Gasteiger partial charge on any atom is 0.164 e. The van der Waals surface area contributed by atoms with Gasteiger partial charge in [-0.3, -0.25) is 4.98 Å². The van der Waals surface area contributed by atoms with Crippen LogP contribution in [0.15, 0.2) is 198 Å².